The average Bonchev–Trinajstić information content (AvgIpc) is 2.39. The molecule has 0 saturated carbocycles. The van der Waals surface area contributed by atoms with Crippen molar-refractivity contribution < 1.29 is 18.3 Å². The summed E-state index contributed by atoms with van der Waals surface area (Å²) in [5.41, 5.74) is 0.697. The maximum atomic E-state index is 11.9. The third kappa shape index (κ3) is 3.94. The van der Waals surface area contributed by atoms with Crippen molar-refractivity contribution in [1.82, 2.24) is 4.31 Å². The molecule has 1 rings (SSSR count). The Morgan fingerprint density at radius 2 is 1.85 bits per heavy atom. The SMILES string of the molecule is CCC(CNc1ccc(S(=O)(=O)N(C)C)cc1)C(=O)O. The van der Waals surface area contributed by atoms with Gasteiger partial charge in [0, 0.05) is 26.3 Å². The third-order valence-electron chi connectivity index (χ3n) is 3.03. The summed E-state index contributed by atoms with van der Waals surface area (Å²) < 4.78 is 24.9. The Bertz CT molecular complexity index is 552. The molecule has 7 heteroatoms. The van der Waals surface area contributed by atoms with Crippen LogP contribution in [-0.2, 0) is 14.8 Å². The normalized spacial score (nSPS) is 13.2. The van der Waals surface area contributed by atoms with E-state index in [0.29, 0.717) is 18.7 Å². The highest BCUT2D eigenvalue weighted by atomic mass is 32.2. The lowest BCUT2D eigenvalue weighted by Crippen LogP contribution is -2.23. The standard InChI is InChI=1S/C13H20N2O4S/c1-4-10(13(16)17)9-14-11-5-7-12(8-6-11)20(18,19)15(2)3/h5-8,10,14H,4,9H2,1-3H3,(H,16,17). The van der Waals surface area contributed by atoms with Gasteiger partial charge in [-0.3, -0.25) is 4.79 Å². The van der Waals surface area contributed by atoms with Crippen LogP contribution in [0.5, 0.6) is 0 Å². The third-order valence-corrected chi connectivity index (χ3v) is 4.86. The molecule has 0 aromatic heterocycles. The van der Waals surface area contributed by atoms with Crippen LogP contribution in [-0.4, -0.2) is 44.4 Å². The first-order chi connectivity index (χ1) is 9.28. The van der Waals surface area contributed by atoms with Gasteiger partial charge >= 0.3 is 5.97 Å². The molecule has 20 heavy (non-hydrogen) atoms. The zero-order valence-electron chi connectivity index (χ0n) is 11.8. The summed E-state index contributed by atoms with van der Waals surface area (Å²) in [6, 6.07) is 6.26. The van der Waals surface area contributed by atoms with E-state index in [0.717, 1.165) is 4.31 Å². The van der Waals surface area contributed by atoms with Crippen LogP contribution in [0.4, 0.5) is 5.69 Å². The summed E-state index contributed by atoms with van der Waals surface area (Å²) in [6.45, 7) is 2.12. The molecule has 2 N–H and O–H groups in total. The second-order valence-corrected chi connectivity index (χ2v) is 6.79. The molecule has 0 aliphatic heterocycles. The minimum absolute atomic E-state index is 0.207. The predicted octanol–water partition coefficient (Wildman–Crippen LogP) is 1.46. The van der Waals surface area contributed by atoms with E-state index in [4.69, 9.17) is 5.11 Å². The summed E-state index contributed by atoms with van der Waals surface area (Å²) in [4.78, 5) is 11.1. The zero-order valence-corrected chi connectivity index (χ0v) is 12.6. The summed E-state index contributed by atoms with van der Waals surface area (Å²) >= 11 is 0. The lowest BCUT2D eigenvalue weighted by molar-refractivity contribution is -0.141. The molecule has 0 amide bonds. The molecule has 1 aromatic carbocycles. The number of hydrogen-bond acceptors (Lipinski definition) is 4. The molecule has 0 radical (unpaired) electrons. The van der Waals surface area contributed by atoms with Crippen LogP contribution in [0.25, 0.3) is 0 Å². The first-order valence-corrected chi connectivity index (χ1v) is 7.72. The molecule has 0 aliphatic rings. The fraction of sp³-hybridized carbons (Fsp3) is 0.462. The van der Waals surface area contributed by atoms with Crippen LogP contribution in [0, 0.1) is 5.92 Å². The zero-order chi connectivity index (χ0) is 15.3. The van der Waals surface area contributed by atoms with Gasteiger partial charge in [-0.2, -0.15) is 0 Å². The van der Waals surface area contributed by atoms with Crippen molar-refractivity contribution in [3.8, 4) is 0 Å². The molecule has 0 fully saturated rings. The van der Waals surface area contributed by atoms with Gasteiger partial charge in [-0.1, -0.05) is 6.92 Å². The number of carboxylic acids is 1. The number of hydrogen-bond donors (Lipinski definition) is 2. The molecular formula is C13H20N2O4S. The predicted molar refractivity (Wildman–Crippen MR) is 77.2 cm³/mol. The van der Waals surface area contributed by atoms with Crippen molar-refractivity contribution in [2.75, 3.05) is 26.0 Å². The van der Waals surface area contributed by atoms with Crippen molar-refractivity contribution in [3.63, 3.8) is 0 Å². The van der Waals surface area contributed by atoms with Crippen LogP contribution in [0.15, 0.2) is 29.2 Å². The van der Waals surface area contributed by atoms with Gasteiger partial charge in [0.1, 0.15) is 0 Å². The Labute approximate surface area is 119 Å². The Morgan fingerprint density at radius 3 is 2.25 bits per heavy atom. The molecule has 0 bridgehead atoms. The quantitative estimate of drug-likeness (QED) is 0.796. The number of sulfonamides is 1. The van der Waals surface area contributed by atoms with Gasteiger partial charge in [-0.25, -0.2) is 12.7 Å². The lowest BCUT2D eigenvalue weighted by atomic mass is 10.1. The van der Waals surface area contributed by atoms with Crippen LogP contribution in [0.2, 0.25) is 0 Å². The average molecular weight is 300 g/mol. The molecule has 0 spiro atoms. The van der Waals surface area contributed by atoms with E-state index in [2.05, 4.69) is 5.32 Å². The summed E-state index contributed by atoms with van der Waals surface area (Å²) in [5.74, 6) is -1.30. The van der Waals surface area contributed by atoms with Crippen LogP contribution in [0.1, 0.15) is 13.3 Å². The maximum Gasteiger partial charge on any atom is 0.308 e. The fourth-order valence-electron chi connectivity index (χ4n) is 1.60. The van der Waals surface area contributed by atoms with Gasteiger partial charge in [0.05, 0.1) is 10.8 Å². The second-order valence-electron chi connectivity index (χ2n) is 4.64. The largest absolute Gasteiger partial charge is 0.481 e. The lowest BCUT2D eigenvalue weighted by Gasteiger charge is -2.14. The first kappa shape index (κ1) is 16.5. The number of rotatable bonds is 7. The number of nitrogens with zero attached hydrogens (tertiary/aromatic N) is 1. The van der Waals surface area contributed by atoms with Crippen LogP contribution in [0.3, 0.4) is 0 Å². The molecule has 1 aromatic rings. The summed E-state index contributed by atoms with van der Waals surface area (Å²) in [6.07, 6.45) is 0.537. The van der Waals surface area contributed by atoms with E-state index < -0.39 is 21.9 Å². The number of anilines is 1. The van der Waals surface area contributed by atoms with Crippen LogP contribution < -0.4 is 5.32 Å². The highest BCUT2D eigenvalue weighted by Crippen LogP contribution is 2.17. The number of aliphatic carboxylic acids is 1. The van der Waals surface area contributed by atoms with Crippen LogP contribution >= 0.6 is 0 Å². The molecular weight excluding hydrogens is 280 g/mol. The Kier molecular flexibility index (Phi) is 5.52. The van der Waals surface area contributed by atoms with Crippen molar-refractivity contribution >= 4 is 21.7 Å². The van der Waals surface area contributed by atoms with Crippen molar-refractivity contribution in [3.05, 3.63) is 24.3 Å². The Balaban J connectivity index is 2.76. The summed E-state index contributed by atoms with van der Waals surface area (Å²) in [5, 5.41) is 11.9. The van der Waals surface area contributed by atoms with E-state index >= 15 is 0 Å². The highest BCUT2D eigenvalue weighted by molar-refractivity contribution is 7.89. The molecule has 1 unspecified atom stereocenters. The van der Waals surface area contributed by atoms with E-state index in [1.165, 1.54) is 26.2 Å². The van der Waals surface area contributed by atoms with Gasteiger partial charge in [0.25, 0.3) is 0 Å². The molecule has 6 nitrogen and oxygen atoms in total. The van der Waals surface area contributed by atoms with Gasteiger partial charge in [-0.15, -0.1) is 0 Å². The van der Waals surface area contributed by atoms with E-state index in [9.17, 15) is 13.2 Å². The number of carboxylic acid groups (broad SMARTS) is 1. The van der Waals surface area contributed by atoms with Gasteiger partial charge in [0.2, 0.25) is 10.0 Å². The van der Waals surface area contributed by atoms with E-state index in [1.807, 2.05) is 6.92 Å². The second kappa shape index (κ2) is 6.71. The Morgan fingerprint density at radius 1 is 1.30 bits per heavy atom. The number of nitrogens with one attached hydrogen (secondary N) is 1. The molecule has 1 atom stereocenters. The van der Waals surface area contributed by atoms with E-state index in [-0.39, 0.29) is 4.90 Å². The number of benzene rings is 1. The van der Waals surface area contributed by atoms with Gasteiger partial charge in [-0.05, 0) is 30.7 Å². The van der Waals surface area contributed by atoms with E-state index in [1.54, 1.807) is 12.1 Å². The first-order valence-electron chi connectivity index (χ1n) is 6.28. The van der Waals surface area contributed by atoms with Crippen molar-refractivity contribution in [1.29, 1.82) is 0 Å². The molecule has 0 aliphatic carbocycles. The Hall–Kier alpha value is -1.60. The topological polar surface area (TPSA) is 86.7 Å². The van der Waals surface area contributed by atoms with Gasteiger partial charge < -0.3 is 10.4 Å². The highest BCUT2D eigenvalue weighted by Gasteiger charge is 2.17. The maximum absolute atomic E-state index is 11.9. The molecule has 0 saturated heterocycles. The fourth-order valence-corrected chi connectivity index (χ4v) is 2.50. The number of carbonyl (C=O) groups is 1. The molecule has 112 valence electrons. The summed E-state index contributed by atoms with van der Waals surface area (Å²) in [7, 11) is -0.487. The van der Waals surface area contributed by atoms with Crippen molar-refractivity contribution in [2.24, 2.45) is 5.92 Å². The minimum atomic E-state index is -3.43. The smallest absolute Gasteiger partial charge is 0.308 e. The minimum Gasteiger partial charge on any atom is -0.481 e. The molecule has 0 heterocycles. The van der Waals surface area contributed by atoms with Gasteiger partial charge in [0.15, 0.2) is 0 Å². The van der Waals surface area contributed by atoms with Crippen molar-refractivity contribution in [2.45, 2.75) is 18.2 Å². The monoisotopic (exact) mass is 300 g/mol.